The van der Waals surface area contributed by atoms with Crippen LogP contribution in [0, 0.1) is 6.92 Å². The van der Waals surface area contributed by atoms with Crippen LogP contribution in [0.4, 0.5) is 0 Å². The van der Waals surface area contributed by atoms with Crippen molar-refractivity contribution in [2.24, 2.45) is 0 Å². The van der Waals surface area contributed by atoms with Gasteiger partial charge in [-0.3, -0.25) is 4.79 Å². The number of amides is 1. The van der Waals surface area contributed by atoms with Gasteiger partial charge in [0.25, 0.3) is 5.91 Å². The third-order valence-electron chi connectivity index (χ3n) is 5.62. The third-order valence-corrected chi connectivity index (χ3v) is 6.44. The second-order valence-electron chi connectivity index (χ2n) is 7.79. The third kappa shape index (κ3) is 4.23. The number of rotatable bonds is 5. The Balaban J connectivity index is 1.27. The Kier molecular flexibility index (Phi) is 5.51. The maximum atomic E-state index is 13.2. The van der Waals surface area contributed by atoms with E-state index >= 15 is 0 Å². The Morgan fingerprint density at radius 3 is 2.81 bits per heavy atom. The van der Waals surface area contributed by atoms with Gasteiger partial charge in [0.05, 0.1) is 6.04 Å². The summed E-state index contributed by atoms with van der Waals surface area (Å²) in [6, 6.07) is 13.9. The number of carbonyl (C=O) groups is 1. The van der Waals surface area contributed by atoms with Crippen LogP contribution >= 0.6 is 11.3 Å². The number of likely N-dealkylation sites (tertiary alicyclic amines) is 1. The molecule has 0 radical (unpaired) electrons. The van der Waals surface area contributed by atoms with Gasteiger partial charge in [-0.1, -0.05) is 23.8 Å². The molecule has 3 heterocycles. The van der Waals surface area contributed by atoms with Gasteiger partial charge in [0, 0.05) is 11.9 Å². The zero-order valence-corrected chi connectivity index (χ0v) is 18.2. The molecule has 2 aliphatic heterocycles. The van der Waals surface area contributed by atoms with Crippen LogP contribution in [-0.2, 0) is 6.61 Å². The number of carbonyl (C=O) groups excluding carboxylic acids is 1. The fraction of sp³-hybridized carbons (Fsp3) is 0.333. The lowest BCUT2D eigenvalue weighted by Gasteiger charge is -2.26. The maximum absolute atomic E-state index is 13.2. The Bertz CT molecular complexity index is 1080. The molecule has 1 fully saturated rings. The highest BCUT2D eigenvalue weighted by molar-refractivity contribution is 7.09. The summed E-state index contributed by atoms with van der Waals surface area (Å²) in [6.07, 6.45) is 1.90. The van der Waals surface area contributed by atoms with Crippen molar-refractivity contribution < 1.29 is 19.0 Å². The Morgan fingerprint density at radius 1 is 1.16 bits per heavy atom. The van der Waals surface area contributed by atoms with E-state index < -0.39 is 0 Å². The average molecular weight is 437 g/mol. The maximum Gasteiger partial charge on any atom is 0.273 e. The lowest BCUT2D eigenvalue weighted by Crippen LogP contribution is -2.31. The summed E-state index contributed by atoms with van der Waals surface area (Å²) in [5, 5.41) is 2.62. The summed E-state index contributed by atoms with van der Waals surface area (Å²) >= 11 is 1.45. The first-order valence-electron chi connectivity index (χ1n) is 10.5. The molecule has 2 aromatic carbocycles. The second kappa shape index (κ2) is 8.59. The van der Waals surface area contributed by atoms with Crippen LogP contribution in [0.3, 0.4) is 0 Å². The number of aromatic nitrogens is 1. The molecule has 1 amide bonds. The summed E-state index contributed by atoms with van der Waals surface area (Å²) in [5.74, 6) is 2.29. The lowest BCUT2D eigenvalue weighted by atomic mass is 10.0. The Hall–Kier alpha value is -3.06. The standard InChI is InChI=1S/C24H24N2O4S/c1-16-4-7-18(8-5-16)30-14-23-25-19(15-31-23)24(27)26-10-2-3-20(26)17-6-9-21-22(13-17)29-12-11-28-21/h4-9,13,15,20H,2-3,10-12,14H2,1H3/t20-/m0/s1. The van der Waals surface area contributed by atoms with Crippen LogP contribution in [-0.4, -0.2) is 35.5 Å². The van der Waals surface area contributed by atoms with Crippen molar-refractivity contribution in [3.63, 3.8) is 0 Å². The monoisotopic (exact) mass is 436 g/mol. The van der Waals surface area contributed by atoms with Crippen LogP contribution in [0.25, 0.3) is 0 Å². The van der Waals surface area contributed by atoms with Crippen LogP contribution in [0.2, 0.25) is 0 Å². The van der Waals surface area contributed by atoms with Gasteiger partial charge in [0.15, 0.2) is 11.5 Å². The van der Waals surface area contributed by atoms with E-state index in [0.717, 1.165) is 47.2 Å². The van der Waals surface area contributed by atoms with Gasteiger partial charge in [-0.05, 0) is 49.6 Å². The lowest BCUT2D eigenvalue weighted by molar-refractivity contribution is 0.0729. The zero-order valence-electron chi connectivity index (χ0n) is 17.4. The molecule has 31 heavy (non-hydrogen) atoms. The van der Waals surface area contributed by atoms with Crippen molar-refractivity contribution in [3.05, 3.63) is 69.7 Å². The number of fused-ring (bicyclic) bond motifs is 1. The Morgan fingerprint density at radius 2 is 1.97 bits per heavy atom. The largest absolute Gasteiger partial charge is 0.486 e. The predicted octanol–water partition coefficient (Wildman–Crippen LogP) is 4.78. The molecule has 5 rings (SSSR count). The van der Waals surface area contributed by atoms with E-state index in [1.807, 2.05) is 59.7 Å². The summed E-state index contributed by atoms with van der Waals surface area (Å²) in [6.45, 7) is 4.24. The van der Waals surface area contributed by atoms with Crippen molar-refractivity contribution in [1.29, 1.82) is 0 Å². The van der Waals surface area contributed by atoms with Gasteiger partial charge in [0.1, 0.15) is 36.3 Å². The predicted molar refractivity (Wildman–Crippen MR) is 118 cm³/mol. The summed E-state index contributed by atoms with van der Waals surface area (Å²) in [7, 11) is 0. The highest BCUT2D eigenvalue weighted by Gasteiger charge is 2.32. The Labute approximate surface area is 185 Å². The van der Waals surface area contributed by atoms with Gasteiger partial charge in [-0.25, -0.2) is 4.98 Å². The van der Waals surface area contributed by atoms with Crippen molar-refractivity contribution in [2.75, 3.05) is 19.8 Å². The first-order valence-corrected chi connectivity index (χ1v) is 11.4. The van der Waals surface area contributed by atoms with Gasteiger partial charge < -0.3 is 19.1 Å². The molecule has 0 bridgehead atoms. The quantitative estimate of drug-likeness (QED) is 0.576. The second-order valence-corrected chi connectivity index (χ2v) is 8.73. The summed E-state index contributed by atoms with van der Waals surface area (Å²) in [4.78, 5) is 19.7. The van der Waals surface area contributed by atoms with Gasteiger partial charge in [-0.2, -0.15) is 0 Å². The molecule has 0 unspecified atom stereocenters. The van der Waals surface area contributed by atoms with Crippen molar-refractivity contribution >= 4 is 17.2 Å². The van der Waals surface area contributed by atoms with Gasteiger partial charge >= 0.3 is 0 Å². The van der Waals surface area contributed by atoms with Gasteiger partial charge in [0.2, 0.25) is 0 Å². The fourth-order valence-electron chi connectivity index (χ4n) is 4.03. The molecular weight excluding hydrogens is 412 g/mol. The molecular formula is C24H24N2O4S. The van der Waals surface area contributed by atoms with E-state index in [-0.39, 0.29) is 11.9 Å². The molecule has 0 N–H and O–H groups in total. The topological polar surface area (TPSA) is 60.9 Å². The number of benzene rings is 2. The smallest absolute Gasteiger partial charge is 0.273 e. The van der Waals surface area contributed by atoms with Crippen LogP contribution < -0.4 is 14.2 Å². The molecule has 7 heteroatoms. The highest BCUT2D eigenvalue weighted by atomic mass is 32.1. The molecule has 3 aromatic rings. The van der Waals surface area contributed by atoms with E-state index in [4.69, 9.17) is 14.2 Å². The molecule has 1 saturated heterocycles. The molecule has 0 spiro atoms. The molecule has 1 aromatic heterocycles. The van der Waals surface area contributed by atoms with E-state index in [2.05, 4.69) is 4.98 Å². The van der Waals surface area contributed by atoms with Crippen molar-refractivity contribution in [2.45, 2.75) is 32.4 Å². The van der Waals surface area contributed by atoms with E-state index in [9.17, 15) is 4.79 Å². The van der Waals surface area contributed by atoms with E-state index in [1.165, 1.54) is 16.9 Å². The SMILES string of the molecule is Cc1ccc(OCc2nc(C(=O)N3CCC[C@H]3c3ccc4c(c3)OCCO4)cs2)cc1. The first-order chi connectivity index (χ1) is 15.2. The molecule has 0 aliphatic carbocycles. The summed E-state index contributed by atoms with van der Waals surface area (Å²) < 4.78 is 17.2. The summed E-state index contributed by atoms with van der Waals surface area (Å²) in [5.41, 5.74) is 2.75. The minimum Gasteiger partial charge on any atom is -0.486 e. The van der Waals surface area contributed by atoms with Crippen molar-refractivity contribution in [3.8, 4) is 17.2 Å². The number of thiazole rings is 1. The minimum atomic E-state index is -0.0322. The van der Waals surface area contributed by atoms with Crippen LogP contribution in [0.1, 0.15) is 45.5 Å². The van der Waals surface area contributed by atoms with E-state index in [1.54, 1.807) is 0 Å². The molecule has 6 nitrogen and oxygen atoms in total. The first kappa shape index (κ1) is 19.9. The normalized spacial score (nSPS) is 17.6. The number of aryl methyl sites for hydroxylation is 1. The van der Waals surface area contributed by atoms with Gasteiger partial charge in [-0.15, -0.1) is 11.3 Å². The number of hydrogen-bond acceptors (Lipinski definition) is 6. The number of nitrogens with zero attached hydrogens (tertiary/aromatic N) is 2. The molecule has 2 aliphatic rings. The molecule has 1 atom stereocenters. The van der Waals surface area contributed by atoms with E-state index in [0.29, 0.717) is 25.5 Å². The number of hydrogen-bond donors (Lipinski definition) is 0. The number of ether oxygens (including phenoxy) is 3. The van der Waals surface area contributed by atoms with Crippen LogP contribution in [0.5, 0.6) is 17.2 Å². The molecule has 160 valence electrons. The zero-order chi connectivity index (χ0) is 21.2. The fourth-order valence-corrected chi connectivity index (χ4v) is 4.70. The average Bonchev–Trinajstić information content (AvgIpc) is 3.48. The minimum absolute atomic E-state index is 0.0253. The highest BCUT2D eigenvalue weighted by Crippen LogP contribution is 2.38. The van der Waals surface area contributed by atoms with Crippen LogP contribution in [0.15, 0.2) is 47.8 Å². The van der Waals surface area contributed by atoms with Crippen molar-refractivity contribution in [1.82, 2.24) is 9.88 Å². The molecule has 0 saturated carbocycles.